The third-order valence-corrected chi connectivity index (χ3v) is 5.03. The van der Waals surface area contributed by atoms with Gasteiger partial charge in [-0.2, -0.15) is 5.10 Å². The van der Waals surface area contributed by atoms with E-state index in [1.54, 1.807) is 31.1 Å². The van der Waals surface area contributed by atoms with Crippen molar-refractivity contribution in [3.8, 4) is 16.9 Å². The Morgan fingerprint density at radius 1 is 1.06 bits per heavy atom. The molecule has 3 aromatic heterocycles. The highest BCUT2D eigenvalue weighted by atomic mass is 16.5. The molecule has 4 rings (SSSR count). The lowest BCUT2D eigenvalue weighted by atomic mass is 9.98. The number of methoxy groups -OCH3 is 1. The number of rotatable bonds is 6. The number of hydrogen-bond acceptors (Lipinski definition) is 6. The minimum absolute atomic E-state index is 0.295. The first kappa shape index (κ1) is 21.2. The molecule has 0 saturated carbocycles. The van der Waals surface area contributed by atoms with Gasteiger partial charge in [0.1, 0.15) is 5.75 Å². The Hall–Kier alpha value is -4.00. The maximum atomic E-state index is 12.4. The monoisotopic (exact) mass is 428 g/mol. The van der Waals surface area contributed by atoms with Crippen LogP contribution >= 0.6 is 0 Å². The zero-order valence-corrected chi connectivity index (χ0v) is 18.5. The van der Waals surface area contributed by atoms with Crippen LogP contribution in [0.15, 0.2) is 61.2 Å². The molecule has 0 saturated heterocycles. The molecule has 0 atom stereocenters. The van der Waals surface area contributed by atoms with Gasteiger partial charge in [-0.15, -0.1) is 0 Å². The smallest absolute Gasteiger partial charge is 0.331 e. The van der Waals surface area contributed by atoms with Crippen LogP contribution in [-0.2, 0) is 16.6 Å². The van der Waals surface area contributed by atoms with Crippen molar-refractivity contribution in [2.45, 2.75) is 13.8 Å². The van der Waals surface area contributed by atoms with Crippen molar-refractivity contribution >= 4 is 22.4 Å². The Morgan fingerprint density at radius 2 is 1.91 bits per heavy atom. The van der Waals surface area contributed by atoms with Crippen molar-refractivity contribution in [1.29, 1.82) is 0 Å². The fourth-order valence-electron chi connectivity index (χ4n) is 3.53. The summed E-state index contributed by atoms with van der Waals surface area (Å²) in [5, 5.41) is 5.15. The molecule has 7 nitrogen and oxygen atoms in total. The van der Waals surface area contributed by atoms with E-state index in [0.29, 0.717) is 23.6 Å². The third kappa shape index (κ3) is 4.51. The van der Waals surface area contributed by atoms with Gasteiger partial charge >= 0.3 is 5.97 Å². The van der Waals surface area contributed by atoms with E-state index in [0.717, 1.165) is 33.2 Å². The summed E-state index contributed by atoms with van der Waals surface area (Å²) in [6.07, 6.45) is 8.74. The number of hydrogen-bond donors (Lipinski definition) is 0. The van der Waals surface area contributed by atoms with Crippen LogP contribution in [-0.4, -0.2) is 39.4 Å². The molecular formula is C25H24N4O3. The van der Waals surface area contributed by atoms with Gasteiger partial charge in [-0.25, -0.2) is 4.79 Å². The molecular weight excluding hydrogens is 404 g/mol. The van der Waals surface area contributed by atoms with E-state index >= 15 is 0 Å². The van der Waals surface area contributed by atoms with Crippen LogP contribution in [0.25, 0.3) is 27.6 Å². The van der Waals surface area contributed by atoms with E-state index in [2.05, 4.69) is 15.1 Å². The first-order chi connectivity index (χ1) is 15.5. The summed E-state index contributed by atoms with van der Waals surface area (Å²) in [6.45, 7) is 4.05. The molecule has 1 aromatic carbocycles. The van der Waals surface area contributed by atoms with Gasteiger partial charge in [-0.3, -0.25) is 14.6 Å². The number of carbonyl (C=O) groups is 1. The molecule has 0 amide bonds. The minimum Gasteiger partial charge on any atom is -0.497 e. The van der Waals surface area contributed by atoms with E-state index in [1.165, 1.54) is 6.08 Å². The van der Waals surface area contributed by atoms with E-state index in [4.69, 9.17) is 9.47 Å². The second kappa shape index (κ2) is 9.01. The fourth-order valence-corrected chi connectivity index (χ4v) is 3.53. The molecule has 32 heavy (non-hydrogen) atoms. The highest BCUT2D eigenvalue weighted by molar-refractivity contribution is 5.97. The highest BCUT2D eigenvalue weighted by Crippen LogP contribution is 2.29. The number of aromatic nitrogens is 4. The van der Waals surface area contributed by atoms with Crippen molar-refractivity contribution in [2.24, 2.45) is 7.05 Å². The number of benzene rings is 1. The van der Waals surface area contributed by atoms with E-state index in [-0.39, 0.29) is 0 Å². The van der Waals surface area contributed by atoms with Crippen molar-refractivity contribution < 1.29 is 14.3 Å². The average molecular weight is 428 g/mol. The number of aryl methyl sites for hydroxylation is 2. The van der Waals surface area contributed by atoms with Crippen molar-refractivity contribution in [2.75, 3.05) is 13.7 Å². The van der Waals surface area contributed by atoms with Gasteiger partial charge in [0.05, 0.1) is 37.3 Å². The lowest BCUT2D eigenvalue weighted by Gasteiger charge is -2.12. The lowest BCUT2D eigenvalue weighted by molar-refractivity contribution is -0.137. The maximum Gasteiger partial charge on any atom is 0.331 e. The van der Waals surface area contributed by atoms with Crippen LogP contribution in [0.3, 0.4) is 0 Å². The average Bonchev–Trinajstić information content (AvgIpc) is 3.22. The molecule has 0 spiro atoms. The van der Waals surface area contributed by atoms with Crippen molar-refractivity contribution in [3.63, 3.8) is 0 Å². The molecule has 0 aliphatic heterocycles. The highest BCUT2D eigenvalue weighted by Gasteiger charge is 2.14. The molecule has 0 aliphatic carbocycles. The molecule has 0 N–H and O–H groups in total. The van der Waals surface area contributed by atoms with E-state index < -0.39 is 5.97 Å². The normalized spacial score (nSPS) is 11.6. The third-order valence-electron chi connectivity index (χ3n) is 5.03. The van der Waals surface area contributed by atoms with Gasteiger partial charge in [0.15, 0.2) is 0 Å². The molecule has 162 valence electrons. The van der Waals surface area contributed by atoms with E-state index in [1.807, 2.05) is 56.7 Å². The Morgan fingerprint density at radius 3 is 2.62 bits per heavy atom. The van der Waals surface area contributed by atoms with Gasteiger partial charge in [-0.05, 0) is 49.2 Å². The summed E-state index contributed by atoms with van der Waals surface area (Å²) in [4.78, 5) is 21.5. The number of pyridine rings is 2. The molecule has 0 radical (unpaired) electrons. The predicted octanol–water partition coefficient (Wildman–Crippen LogP) is 4.34. The molecule has 0 fully saturated rings. The van der Waals surface area contributed by atoms with Crippen LogP contribution in [0, 0.1) is 6.92 Å². The quantitative estimate of drug-likeness (QED) is 0.336. The van der Waals surface area contributed by atoms with Crippen molar-refractivity contribution in [3.05, 3.63) is 78.0 Å². The fraction of sp³-hybridized carbons (Fsp3) is 0.200. The van der Waals surface area contributed by atoms with Gasteiger partial charge in [-0.1, -0.05) is 6.07 Å². The SMILES string of the molecule is CCOC(=O)/C=C(\c1cc(C)cc(OC)c1)c1cc2cc(-c3cnn(C)c3)cnc2cn1. The number of nitrogens with zero attached hydrogens (tertiary/aromatic N) is 4. The summed E-state index contributed by atoms with van der Waals surface area (Å²) in [6, 6.07) is 9.78. The summed E-state index contributed by atoms with van der Waals surface area (Å²) in [7, 11) is 3.50. The molecule has 7 heteroatoms. The van der Waals surface area contributed by atoms with Gasteiger partial charge in [0, 0.05) is 47.6 Å². The largest absolute Gasteiger partial charge is 0.497 e. The minimum atomic E-state index is -0.424. The van der Waals surface area contributed by atoms with Gasteiger partial charge in [0.2, 0.25) is 0 Å². The molecule has 4 aromatic rings. The molecule has 0 aliphatic rings. The Bertz CT molecular complexity index is 1320. The van der Waals surface area contributed by atoms with Crippen molar-refractivity contribution in [1.82, 2.24) is 19.7 Å². The lowest BCUT2D eigenvalue weighted by Crippen LogP contribution is -2.03. The second-order valence-corrected chi connectivity index (χ2v) is 7.44. The van der Waals surface area contributed by atoms with Crippen LogP contribution < -0.4 is 4.74 Å². The Balaban J connectivity index is 1.85. The van der Waals surface area contributed by atoms with E-state index in [9.17, 15) is 4.79 Å². The number of carbonyl (C=O) groups excluding carboxylic acids is 1. The number of ether oxygens (including phenoxy) is 2. The Labute approximate surface area is 186 Å². The summed E-state index contributed by atoms with van der Waals surface area (Å²) in [5.41, 5.74) is 5.82. The first-order valence-electron chi connectivity index (χ1n) is 10.3. The Kier molecular flexibility index (Phi) is 5.98. The molecule has 0 unspecified atom stereocenters. The van der Waals surface area contributed by atoms with Crippen LogP contribution in [0.1, 0.15) is 23.7 Å². The van der Waals surface area contributed by atoms with Crippen LogP contribution in [0.4, 0.5) is 0 Å². The predicted molar refractivity (Wildman–Crippen MR) is 123 cm³/mol. The molecule has 0 bridgehead atoms. The van der Waals surface area contributed by atoms with Crippen LogP contribution in [0.5, 0.6) is 5.75 Å². The standard InChI is InChI=1S/C25H24N4O3/c1-5-32-25(30)11-22(17-6-16(2)7-21(9-17)31-4)23-10-18-8-19(12-26-24(18)14-27-23)20-13-28-29(3)15-20/h6-15H,5H2,1-4H3/b22-11+. The number of esters is 1. The first-order valence-corrected chi connectivity index (χ1v) is 10.3. The zero-order valence-electron chi connectivity index (χ0n) is 18.5. The number of fused-ring (bicyclic) bond motifs is 1. The summed E-state index contributed by atoms with van der Waals surface area (Å²) >= 11 is 0. The summed E-state index contributed by atoms with van der Waals surface area (Å²) in [5.74, 6) is 0.281. The molecule has 3 heterocycles. The zero-order chi connectivity index (χ0) is 22.7. The topological polar surface area (TPSA) is 79.1 Å². The van der Waals surface area contributed by atoms with Gasteiger partial charge < -0.3 is 9.47 Å². The maximum absolute atomic E-state index is 12.4. The summed E-state index contributed by atoms with van der Waals surface area (Å²) < 4.78 is 12.4. The van der Waals surface area contributed by atoms with Gasteiger partial charge in [0.25, 0.3) is 0 Å². The van der Waals surface area contributed by atoms with Crippen LogP contribution in [0.2, 0.25) is 0 Å². The second-order valence-electron chi connectivity index (χ2n) is 7.44.